The zero-order valence-electron chi connectivity index (χ0n) is 16.0. The van der Waals surface area contributed by atoms with Crippen molar-refractivity contribution in [3.05, 3.63) is 60.2 Å². The van der Waals surface area contributed by atoms with Gasteiger partial charge in [-0.2, -0.15) is 0 Å². The highest BCUT2D eigenvalue weighted by molar-refractivity contribution is 8.02. The lowest BCUT2D eigenvalue weighted by Gasteiger charge is -2.23. The fourth-order valence-corrected chi connectivity index (χ4v) is 5.44. The lowest BCUT2D eigenvalue weighted by molar-refractivity contribution is 0.0929. The van der Waals surface area contributed by atoms with Gasteiger partial charge in [0, 0.05) is 21.2 Å². The first-order valence-corrected chi connectivity index (χ1v) is 11.8. The van der Waals surface area contributed by atoms with E-state index < -0.39 is 0 Å². The predicted octanol–water partition coefficient (Wildman–Crippen LogP) is 6.17. The van der Waals surface area contributed by atoms with Crippen molar-refractivity contribution in [3.8, 4) is 0 Å². The molecule has 1 aliphatic carbocycles. The second kappa shape index (κ2) is 9.01. The molecule has 1 N–H and O–H groups in total. The summed E-state index contributed by atoms with van der Waals surface area (Å²) in [5.41, 5.74) is 1.59. The van der Waals surface area contributed by atoms with Gasteiger partial charge in [-0.15, -0.1) is 11.8 Å². The third-order valence-electron chi connectivity index (χ3n) is 5.16. The summed E-state index contributed by atoms with van der Waals surface area (Å²) in [7, 11) is 0. The summed E-state index contributed by atoms with van der Waals surface area (Å²) in [4.78, 5) is 20.3. The number of hydrogen-bond acceptors (Lipinski definition) is 4. The first kappa shape index (κ1) is 19.3. The van der Waals surface area contributed by atoms with Gasteiger partial charge in [0.15, 0.2) is 0 Å². The Labute approximate surface area is 174 Å². The van der Waals surface area contributed by atoms with E-state index in [4.69, 9.17) is 4.98 Å². The minimum absolute atomic E-state index is 0.0190. The van der Waals surface area contributed by atoms with Gasteiger partial charge in [-0.25, -0.2) is 4.98 Å². The van der Waals surface area contributed by atoms with E-state index in [1.165, 1.54) is 24.2 Å². The standard InChI is InChI=1S/C23H24N2OS2/c1-27-20-13-7-8-14-21(20)28-22-15-18(17-11-5-6-12-19(17)25-22)23(26)24-16-9-3-2-4-10-16/h5-8,11-16H,2-4,9-10H2,1H3,(H,24,26). The molecular formula is C23H24N2OS2. The second-order valence-electron chi connectivity index (χ2n) is 7.09. The number of nitrogens with zero attached hydrogens (tertiary/aromatic N) is 1. The molecule has 0 saturated heterocycles. The third kappa shape index (κ3) is 4.36. The van der Waals surface area contributed by atoms with Gasteiger partial charge in [-0.05, 0) is 43.4 Å². The van der Waals surface area contributed by atoms with Crippen LogP contribution in [-0.4, -0.2) is 23.2 Å². The number of nitrogens with one attached hydrogen (secondary N) is 1. The topological polar surface area (TPSA) is 42.0 Å². The summed E-state index contributed by atoms with van der Waals surface area (Å²) in [5.74, 6) is 0.0190. The summed E-state index contributed by atoms with van der Waals surface area (Å²) in [6, 6.07) is 18.5. The quantitative estimate of drug-likeness (QED) is 0.513. The lowest BCUT2D eigenvalue weighted by atomic mass is 9.95. The molecule has 0 bridgehead atoms. The van der Waals surface area contributed by atoms with Gasteiger partial charge < -0.3 is 5.32 Å². The molecule has 1 heterocycles. The zero-order valence-corrected chi connectivity index (χ0v) is 17.6. The Hall–Kier alpha value is -1.98. The maximum absolute atomic E-state index is 13.1. The molecule has 2 aromatic carbocycles. The Balaban J connectivity index is 1.68. The molecule has 0 atom stereocenters. The Morgan fingerprint density at radius 3 is 2.50 bits per heavy atom. The molecule has 1 fully saturated rings. The number of carbonyl (C=O) groups excluding carboxylic acids is 1. The van der Waals surface area contributed by atoms with E-state index in [0.717, 1.165) is 39.2 Å². The molecule has 1 aliphatic rings. The van der Waals surface area contributed by atoms with Gasteiger partial charge in [-0.1, -0.05) is 61.4 Å². The van der Waals surface area contributed by atoms with Gasteiger partial charge in [-0.3, -0.25) is 4.79 Å². The van der Waals surface area contributed by atoms with Crippen LogP contribution < -0.4 is 5.32 Å². The second-order valence-corrected chi connectivity index (χ2v) is 9.00. The first-order chi connectivity index (χ1) is 13.7. The van der Waals surface area contributed by atoms with Crippen LogP contribution in [0.15, 0.2) is 69.4 Å². The summed E-state index contributed by atoms with van der Waals surface area (Å²) < 4.78 is 0. The Morgan fingerprint density at radius 2 is 1.71 bits per heavy atom. The van der Waals surface area contributed by atoms with E-state index in [1.54, 1.807) is 23.5 Å². The molecular weight excluding hydrogens is 384 g/mol. The molecule has 1 aromatic heterocycles. The van der Waals surface area contributed by atoms with Crippen LogP contribution >= 0.6 is 23.5 Å². The summed E-state index contributed by atoms with van der Waals surface area (Å²) >= 11 is 3.34. The van der Waals surface area contributed by atoms with Crippen molar-refractivity contribution in [2.45, 2.75) is 53.0 Å². The molecule has 28 heavy (non-hydrogen) atoms. The number of fused-ring (bicyclic) bond motifs is 1. The van der Waals surface area contributed by atoms with E-state index in [2.05, 4.69) is 23.7 Å². The van der Waals surface area contributed by atoms with Gasteiger partial charge in [0.1, 0.15) is 5.03 Å². The van der Waals surface area contributed by atoms with Gasteiger partial charge in [0.05, 0.1) is 11.1 Å². The van der Waals surface area contributed by atoms with Crippen LogP contribution in [0.1, 0.15) is 42.5 Å². The van der Waals surface area contributed by atoms with Gasteiger partial charge >= 0.3 is 0 Å². The molecule has 0 radical (unpaired) electrons. The zero-order chi connectivity index (χ0) is 19.3. The SMILES string of the molecule is CSc1ccccc1Sc1cc(C(=O)NC2CCCCC2)c2ccccc2n1. The third-order valence-corrected chi connectivity index (χ3v) is 7.08. The number of pyridine rings is 1. The van der Waals surface area contributed by atoms with E-state index >= 15 is 0 Å². The fourth-order valence-electron chi connectivity index (χ4n) is 3.72. The van der Waals surface area contributed by atoms with Crippen molar-refractivity contribution < 1.29 is 4.79 Å². The highest BCUT2D eigenvalue weighted by Gasteiger charge is 2.19. The molecule has 0 unspecified atom stereocenters. The molecule has 0 spiro atoms. The molecule has 4 rings (SSSR count). The van der Waals surface area contributed by atoms with E-state index in [-0.39, 0.29) is 5.91 Å². The molecule has 1 amide bonds. The average Bonchev–Trinajstić information content (AvgIpc) is 2.74. The predicted molar refractivity (Wildman–Crippen MR) is 118 cm³/mol. The maximum Gasteiger partial charge on any atom is 0.252 e. The van der Waals surface area contributed by atoms with Crippen molar-refractivity contribution in [3.63, 3.8) is 0 Å². The summed E-state index contributed by atoms with van der Waals surface area (Å²) in [6.07, 6.45) is 7.93. The Morgan fingerprint density at radius 1 is 1.00 bits per heavy atom. The molecule has 0 aliphatic heterocycles. The number of thioether (sulfide) groups is 1. The van der Waals surface area contributed by atoms with Crippen molar-refractivity contribution in [1.29, 1.82) is 0 Å². The van der Waals surface area contributed by atoms with Crippen LogP contribution in [0.2, 0.25) is 0 Å². The van der Waals surface area contributed by atoms with Crippen LogP contribution in [0, 0.1) is 0 Å². The smallest absolute Gasteiger partial charge is 0.252 e. The van der Waals surface area contributed by atoms with E-state index in [0.29, 0.717) is 6.04 Å². The minimum Gasteiger partial charge on any atom is -0.349 e. The average molecular weight is 409 g/mol. The van der Waals surface area contributed by atoms with Crippen LogP contribution in [0.25, 0.3) is 10.9 Å². The maximum atomic E-state index is 13.1. The lowest BCUT2D eigenvalue weighted by Crippen LogP contribution is -2.36. The Kier molecular flexibility index (Phi) is 6.23. The normalized spacial score (nSPS) is 14.9. The van der Waals surface area contributed by atoms with Crippen LogP contribution in [0.5, 0.6) is 0 Å². The molecule has 5 heteroatoms. The fraction of sp³-hybridized carbons (Fsp3) is 0.304. The number of hydrogen-bond donors (Lipinski definition) is 1. The van der Waals surface area contributed by atoms with Crippen molar-refractivity contribution in [2.75, 3.05) is 6.26 Å². The molecule has 3 aromatic rings. The van der Waals surface area contributed by atoms with Gasteiger partial charge in [0.25, 0.3) is 5.91 Å². The van der Waals surface area contributed by atoms with Gasteiger partial charge in [0.2, 0.25) is 0 Å². The van der Waals surface area contributed by atoms with Crippen molar-refractivity contribution >= 4 is 40.3 Å². The van der Waals surface area contributed by atoms with Crippen LogP contribution in [-0.2, 0) is 0 Å². The van der Waals surface area contributed by atoms with Crippen LogP contribution in [0.4, 0.5) is 0 Å². The highest BCUT2D eigenvalue weighted by Crippen LogP contribution is 2.35. The first-order valence-electron chi connectivity index (χ1n) is 9.76. The van der Waals surface area contributed by atoms with E-state index in [9.17, 15) is 4.79 Å². The van der Waals surface area contributed by atoms with Crippen LogP contribution in [0.3, 0.4) is 0 Å². The highest BCUT2D eigenvalue weighted by atomic mass is 32.2. The molecule has 3 nitrogen and oxygen atoms in total. The van der Waals surface area contributed by atoms with Crippen molar-refractivity contribution in [2.24, 2.45) is 0 Å². The Bertz CT molecular complexity index is 983. The van der Waals surface area contributed by atoms with Crippen molar-refractivity contribution in [1.82, 2.24) is 10.3 Å². The largest absolute Gasteiger partial charge is 0.349 e. The molecule has 144 valence electrons. The minimum atomic E-state index is 0.0190. The monoisotopic (exact) mass is 408 g/mol. The molecule has 1 saturated carbocycles. The number of para-hydroxylation sites is 1. The summed E-state index contributed by atoms with van der Waals surface area (Å²) in [6.45, 7) is 0. The number of benzene rings is 2. The number of carbonyl (C=O) groups is 1. The number of rotatable bonds is 5. The summed E-state index contributed by atoms with van der Waals surface area (Å²) in [5, 5.41) is 5.03. The number of amides is 1. The van der Waals surface area contributed by atoms with E-state index in [1.807, 2.05) is 42.5 Å². The number of aromatic nitrogens is 1.